The Morgan fingerprint density at radius 2 is 2.20 bits per heavy atom. The fourth-order valence-electron chi connectivity index (χ4n) is 3.11. The van der Waals surface area contributed by atoms with Crippen LogP contribution in [0.2, 0.25) is 0 Å². The van der Waals surface area contributed by atoms with Crippen LogP contribution in [-0.4, -0.2) is 49.6 Å². The smallest absolute Gasteiger partial charge is 0.251 e. The molecule has 1 aromatic rings. The average Bonchev–Trinajstić information content (AvgIpc) is 3.09. The van der Waals surface area contributed by atoms with Crippen LogP contribution in [0, 0.1) is 0 Å². The molecule has 6 heteroatoms. The number of benzene rings is 1. The Bertz CT molecular complexity index is 591. The monoisotopic (exact) mass is 362 g/mol. The summed E-state index contributed by atoms with van der Waals surface area (Å²) in [6, 6.07) is 8.26. The van der Waals surface area contributed by atoms with Crippen LogP contribution in [0.1, 0.15) is 42.1 Å². The molecule has 0 radical (unpaired) electrons. The predicted octanol–water partition coefficient (Wildman–Crippen LogP) is 2.43. The van der Waals surface area contributed by atoms with E-state index >= 15 is 0 Å². The van der Waals surface area contributed by atoms with Gasteiger partial charge >= 0.3 is 0 Å². The van der Waals surface area contributed by atoms with Crippen molar-refractivity contribution in [2.24, 2.45) is 4.99 Å². The maximum Gasteiger partial charge on any atom is 0.251 e. The molecule has 138 valence electrons. The van der Waals surface area contributed by atoms with E-state index in [0.29, 0.717) is 18.2 Å². The van der Waals surface area contributed by atoms with Crippen molar-refractivity contribution in [3.05, 3.63) is 35.4 Å². The number of nitrogens with one attached hydrogen (secondary N) is 3. The SMILES string of the molecule is CCNC(=NCCc1cccc(C(=O)NC)c1)NC1CCC(SC)C1. The molecule has 1 aromatic carbocycles. The summed E-state index contributed by atoms with van der Waals surface area (Å²) < 4.78 is 0. The normalized spacial score (nSPS) is 20.4. The van der Waals surface area contributed by atoms with Crippen LogP contribution >= 0.6 is 11.8 Å². The molecule has 0 spiro atoms. The third-order valence-corrected chi connectivity index (χ3v) is 5.58. The zero-order valence-corrected chi connectivity index (χ0v) is 16.3. The Kier molecular flexibility index (Phi) is 8.12. The highest BCUT2D eigenvalue weighted by Crippen LogP contribution is 2.27. The molecule has 0 saturated heterocycles. The fraction of sp³-hybridized carbons (Fsp3) is 0.579. The van der Waals surface area contributed by atoms with Gasteiger partial charge in [-0.3, -0.25) is 9.79 Å². The lowest BCUT2D eigenvalue weighted by Crippen LogP contribution is -2.42. The Hall–Kier alpha value is -1.69. The number of amides is 1. The summed E-state index contributed by atoms with van der Waals surface area (Å²) in [4.78, 5) is 16.4. The molecule has 0 aliphatic heterocycles. The molecular formula is C19H30N4OS. The van der Waals surface area contributed by atoms with E-state index in [4.69, 9.17) is 4.99 Å². The first kappa shape index (κ1) is 19.6. The number of carbonyl (C=O) groups is 1. The van der Waals surface area contributed by atoms with Gasteiger partial charge in [0.1, 0.15) is 0 Å². The van der Waals surface area contributed by atoms with Crippen molar-refractivity contribution >= 4 is 23.6 Å². The molecule has 5 nitrogen and oxygen atoms in total. The van der Waals surface area contributed by atoms with Gasteiger partial charge in [-0.1, -0.05) is 12.1 Å². The molecule has 0 aromatic heterocycles. The van der Waals surface area contributed by atoms with Crippen LogP contribution in [-0.2, 0) is 6.42 Å². The molecular weight excluding hydrogens is 332 g/mol. The van der Waals surface area contributed by atoms with Gasteiger partial charge in [0, 0.05) is 37.0 Å². The second-order valence-electron chi connectivity index (χ2n) is 6.30. The van der Waals surface area contributed by atoms with Crippen molar-refractivity contribution in [1.82, 2.24) is 16.0 Å². The summed E-state index contributed by atoms with van der Waals surface area (Å²) in [5, 5.41) is 10.3. The molecule has 0 heterocycles. The van der Waals surface area contributed by atoms with E-state index in [1.165, 1.54) is 19.3 Å². The summed E-state index contributed by atoms with van der Waals surface area (Å²) in [6.07, 6.45) is 6.72. The number of aliphatic imine (C=N–C) groups is 1. The lowest BCUT2D eigenvalue weighted by molar-refractivity contribution is 0.0963. The lowest BCUT2D eigenvalue weighted by atomic mass is 10.1. The Morgan fingerprint density at radius 1 is 1.36 bits per heavy atom. The molecule has 3 N–H and O–H groups in total. The zero-order chi connectivity index (χ0) is 18.1. The van der Waals surface area contributed by atoms with E-state index < -0.39 is 0 Å². The third kappa shape index (κ3) is 6.27. The van der Waals surface area contributed by atoms with Gasteiger partial charge < -0.3 is 16.0 Å². The number of hydrogen-bond donors (Lipinski definition) is 3. The van der Waals surface area contributed by atoms with E-state index in [-0.39, 0.29) is 5.91 Å². The van der Waals surface area contributed by atoms with Crippen LogP contribution in [0.3, 0.4) is 0 Å². The number of hydrogen-bond acceptors (Lipinski definition) is 3. The minimum Gasteiger partial charge on any atom is -0.357 e. The minimum atomic E-state index is -0.0510. The number of nitrogens with zero attached hydrogens (tertiary/aromatic N) is 1. The van der Waals surface area contributed by atoms with Crippen molar-refractivity contribution in [3.8, 4) is 0 Å². The van der Waals surface area contributed by atoms with E-state index in [0.717, 1.165) is 29.7 Å². The molecule has 2 unspecified atom stereocenters. The largest absolute Gasteiger partial charge is 0.357 e. The molecule has 2 atom stereocenters. The van der Waals surface area contributed by atoms with E-state index in [2.05, 4.69) is 29.1 Å². The van der Waals surface area contributed by atoms with Gasteiger partial charge in [-0.05, 0) is 56.6 Å². The summed E-state index contributed by atoms with van der Waals surface area (Å²) in [5.74, 6) is 0.849. The summed E-state index contributed by atoms with van der Waals surface area (Å²) >= 11 is 1.96. The Balaban J connectivity index is 1.89. The van der Waals surface area contributed by atoms with Crippen LogP contribution in [0.4, 0.5) is 0 Å². The molecule has 1 aliphatic rings. The average molecular weight is 363 g/mol. The van der Waals surface area contributed by atoms with Gasteiger partial charge in [0.05, 0.1) is 0 Å². The van der Waals surface area contributed by atoms with Crippen LogP contribution in [0.5, 0.6) is 0 Å². The highest BCUT2D eigenvalue weighted by atomic mass is 32.2. The lowest BCUT2D eigenvalue weighted by Gasteiger charge is -2.17. The molecule has 1 saturated carbocycles. The van der Waals surface area contributed by atoms with Gasteiger partial charge in [0.15, 0.2) is 5.96 Å². The quantitative estimate of drug-likeness (QED) is 0.515. The highest BCUT2D eigenvalue weighted by Gasteiger charge is 2.24. The second kappa shape index (κ2) is 10.3. The molecule has 1 aliphatic carbocycles. The summed E-state index contributed by atoms with van der Waals surface area (Å²) in [6.45, 7) is 3.64. The summed E-state index contributed by atoms with van der Waals surface area (Å²) in [7, 11) is 1.65. The van der Waals surface area contributed by atoms with Crippen LogP contribution in [0.15, 0.2) is 29.3 Å². The Labute approximate surface area is 155 Å². The van der Waals surface area contributed by atoms with E-state index in [1.807, 2.05) is 36.0 Å². The van der Waals surface area contributed by atoms with Crippen molar-refractivity contribution in [1.29, 1.82) is 0 Å². The van der Waals surface area contributed by atoms with Crippen LogP contribution < -0.4 is 16.0 Å². The van der Waals surface area contributed by atoms with Crippen molar-refractivity contribution in [2.45, 2.75) is 43.9 Å². The first-order valence-electron chi connectivity index (χ1n) is 9.05. The van der Waals surface area contributed by atoms with Crippen molar-refractivity contribution in [2.75, 3.05) is 26.4 Å². The van der Waals surface area contributed by atoms with E-state index in [1.54, 1.807) is 7.05 Å². The van der Waals surface area contributed by atoms with Crippen molar-refractivity contribution in [3.63, 3.8) is 0 Å². The number of carbonyl (C=O) groups excluding carboxylic acids is 1. The first-order chi connectivity index (χ1) is 12.2. The highest BCUT2D eigenvalue weighted by molar-refractivity contribution is 7.99. The van der Waals surface area contributed by atoms with Gasteiger partial charge in [0.25, 0.3) is 5.91 Å². The van der Waals surface area contributed by atoms with Gasteiger partial charge in [-0.15, -0.1) is 0 Å². The second-order valence-corrected chi connectivity index (χ2v) is 7.44. The van der Waals surface area contributed by atoms with Crippen molar-refractivity contribution < 1.29 is 4.79 Å². The van der Waals surface area contributed by atoms with Gasteiger partial charge in [-0.25, -0.2) is 0 Å². The maximum absolute atomic E-state index is 11.7. The van der Waals surface area contributed by atoms with Crippen LogP contribution in [0.25, 0.3) is 0 Å². The maximum atomic E-state index is 11.7. The first-order valence-corrected chi connectivity index (χ1v) is 10.3. The summed E-state index contributed by atoms with van der Waals surface area (Å²) in [5.41, 5.74) is 1.83. The Morgan fingerprint density at radius 3 is 2.88 bits per heavy atom. The number of guanidine groups is 1. The predicted molar refractivity (Wildman–Crippen MR) is 108 cm³/mol. The molecule has 1 amide bonds. The molecule has 1 fully saturated rings. The van der Waals surface area contributed by atoms with Gasteiger partial charge in [-0.2, -0.15) is 11.8 Å². The molecule has 2 rings (SSSR count). The number of rotatable bonds is 7. The van der Waals surface area contributed by atoms with E-state index in [9.17, 15) is 4.79 Å². The minimum absolute atomic E-state index is 0.0510. The standard InChI is InChI=1S/C19H30N4OS/c1-4-21-19(23-16-8-9-17(13-16)25-3)22-11-10-14-6-5-7-15(12-14)18(24)20-2/h5-7,12,16-17H,4,8-11,13H2,1-3H3,(H,20,24)(H2,21,22,23). The molecule has 25 heavy (non-hydrogen) atoms. The number of thioether (sulfide) groups is 1. The van der Waals surface area contributed by atoms with Gasteiger partial charge in [0.2, 0.25) is 0 Å². The molecule has 0 bridgehead atoms. The third-order valence-electron chi connectivity index (χ3n) is 4.49. The topological polar surface area (TPSA) is 65.5 Å². The fourth-order valence-corrected chi connectivity index (χ4v) is 3.90. The zero-order valence-electron chi connectivity index (χ0n) is 15.5.